The third kappa shape index (κ3) is 7.60. The molecule has 0 bridgehead atoms. The number of carbonyl (C=O) groups excluding carboxylic acids is 2. The summed E-state index contributed by atoms with van der Waals surface area (Å²) in [6, 6.07) is 21.3. The van der Waals surface area contributed by atoms with Gasteiger partial charge in [0.25, 0.3) is 10.0 Å². The number of hydrogen-bond acceptors (Lipinski definition) is 5. The lowest BCUT2D eigenvalue weighted by Gasteiger charge is -2.33. The molecule has 0 aliphatic rings. The van der Waals surface area contributed by atoms with Gasteiger partial charge in [-0.05, 0) is 69.2 Å². The highest BCUT2D eigenvalue weighted by atomic mass is 32.2. The fraction of sp³-hybridized carbons (Fsp3) is 0.333. The number of methoxy groups -OCH3 is 1. The van der Waals surface area contributed by atoms with Crippen LogP contribution in [0.15, 0.2) is 83.8 Å². The van der Waals surface area contributed by atoms with E-state index in [4.69, 9.17) is 4.74 Å². The van der Waals surface area contributed by atoms with E-state index in [-0.39, 0.29) is 23.4 Å². The fourth-order valence-corrected chi connectivity index (χ4v) is 5.62. The van der Waals surface area contributed by atoms with E-state index in [1.54, 1.807) is 61.7 Å². The first kappa shape index (κ1) is 29.7. The molecule has 8 nitrogen and oxygen atoms in total. The number of amides is 2. The van der Waals surface area contributed by atoms with Gasteiger partial charge in [0.2, 0.25) is 11.8 Å². The Bertz CT molecular complexity index is 1340. The summed E-state index contributed by atoms with van der Waals surface area (Å²) < 4.78 is 33.9. The molecule has 1 N–H and O–H groups in total. The fourth-order valence-electron chi connectivity index (χ4n) is 4.19. The van der Waals surface area contributed by atoms with Crippen molar-refractivity contribution in [1.82, 2.24) is 10.2 Å². The van der Waals surface area contributed by atoms with Crippen molar-refractivity contribution in [2.75, 3.05) is 18.0 Å². The number of anilines is 1. The Morgan fingerprint density at radius 3 is 2.08 bits per heavy atom. The molecule has 0 radical (unpaired) electrons. The Hall–Kier alpha value is -3.85. The van der Waals surface area contributed by atoms with E-state index in [0.717, 1.165) is 15.4 Å². The third-order valence-corrected chi connectivity index (χ3v) is 8.05. The first-order valence-corrected chi connectivity index (χ1v) is 14.4. The molecule has 0 unspecified atom stereocenters. The summed E-state index contributed by atoms with van der Waals surface area (Å²) in [5.74, 6) is -0.112. The highest BCUT2D eigenvalue weighted by Crippen LogP contribution is 2.25. The van der Waals surface area contributed by atoms with Crippen molar-refractivity contribution in [1.29, 1.82) is 0 Å². The molecular formula is C30H37N3O5S. The van der Waals surface area contributed by atoms with E-state index < -0.39 is 28.5 Å². The van der Waals surface area contributed by atoms with Gasteiger partial charge in [0.15, 0.2) is 0 Å². The largest absolute Gasteiger partial charge is 0.497 e. The summed E-state index contributed by atoms with van der Waals surface area (Å²) in [5.41, 5.74) is 2.11. The number of nitrogens with zero attached hydrogens (tertiary/aromatic N) is 2. The van der Waals surface area contributed by atoms with Gasteiger partial charge >= 0.3 is 0 Å². The maximum atomic E-state index is 14.0. The second kappa shape index (κ2) is 13.3. The first-order valence-electron chi connectivity index (χ1n) is 12.9. The molecule has 0 spiro atoms. The predicted molar refractivity (Wildman–Crippen MR) is 153 cm³/mol. The molecule has 0 saturated heterocycles. The molecule has 3 rings (SSSR count). The van der Waals surface area contributed by atoms with E-state index >= 15 is 0 Å². The monoisotopic (exact) mass is 551 g/mol. The molecule has 2 amide bonds. The molecule has 9 heteroatoms. The first-order chi connectivity index (χ1) is 18.6. The molecule has 0 aromatic heterocycles. The average Bonchev–Trinajstić information content (AvgIpc) is 2.92. The molecule has 0 aliphatic carbocycles. The van der Waals surface area contributed by atoms with Gasteiger partial charge < -0.3 is 15.0 Å². The molecule has 39 heavy (non-hydrogen) atoms. The van der Waals surface area contributed by atoms with Gasteiger partial charge in [-0.2, -0.15) is 0 Å². The summed E-state index contributed by atoms with van der Waals surface area (Å²) in [6.45, 7) is 7.09. The van der Waals surface area contributed by atoms with E-state index in [1.807, 2.05) is 39.8 Å². The number of benzene rings is 3. The summed E-state index contributed by atoms with van der Waals surface area (Å²) in [4.78, 5) is 28.7. The standard InChI is InChI=1S/C30H37N3O5S/c1-6-28(30(35)31-22(2)3)32(20-24-14-18-26(38-5)19-15-24)29(34)21-33(25-16-12-23(4)13-17-25)39(36,37)27-10-8-7-9-11-27/h7-19,22,28H,6,20-21H2,1-5H3,(H,31,35)/t28-/m0/s1. The van der Waals surface area contributed by atoms with Crippen LogP contribution in [0.3, 0.4) is 0 Å². The number of sulfonamides is 1. The minimum atomic E-state index is -4.08. The molecule has 0 heterocycles. The lowest BCUT2D eigenvalue weighted by Crippen LogP contribution is -2.53. The lowest BCUT2D eigenvalue weighted by atomic mass is 10.1. The van der Waals surface area contributed by atoms with Gasteiger partial charge in [-0.3, -0.25) is 13.9 Å². The number of nitrogens with one attached hydrogen (secondary N) is 1. The lowest BCUT2D eigenvalue weighted by molar-refractivity contribution is -0.140. The Morgan fingerprint density at radius 2 is 1.54 bits per heavy atom. The van der Waals surface area contributed by atoms with Crippen LogP contribution in [0.5, 0.6) is 5.75 Å². The number of hydrogen-bond donors (Lipinski definition) is 1. The van der Waals surface area contributed by atoms with Crippen LogP contribution in [-0.4, -0.2) is 50.9 Å². The van der Waals surface area contributed by atoms with Crippen molar-refractivity contribution in [2.24, 2.45) is 0 Å². The minimum Gasteiger partial charge on any atom is -0.497 e. The van der Waals surface area contributed by atoms with Crippen LogP contribution in [0, 0.1) is 6.92 Å². The van der Waals surface area contributed by atoms with E-state index in [0.29, 0.717) is 17.9 Å². The number of aryl methyl sites for hydroxylation is 1. The van der Waals surface area contributed by atoms with Gasteiger partial charge in [-0.25, -0.2) is 8.42 Å². The van der Waals surface area contributed by atoms with Crippen LogP contribution in [-0.2, 0) is 26.2 Å². The summed E-state index contributed by atoms with van der Waals surface area (Å²) >= 11 is 0. The van der Waals surface area contributed by atoms with Crippen LogP contribution < -0.4 is 14.4 Å². The second-order valence-electron chi connectivity index (χ2n) is 9.62. The SMILES string of the molecule is CC[C@@H](C(=O)NC(C)C)N(Cc1ccc(OC)cc1)C(=O)CN(c1ccc(C)cc1)S(=O)(=O)c1ccccc1. The third-order valence-electron chi connectivity index (χ3n) is 6.26. The van der Waals surface area contributed by atoms with Crippen molar-refractivity contribution in [2.45, 2.75) is 57.6 Å². The topological polar surface area (TPSA) is 96.0 Å². The maximum absolute atomic E-state index is 14.0. The van der Waals surface area contributed by atoms with Gasteiger partial charge in [0, 0.05) is 12.6 Å². The van der Waals surface area contributed by atoms with Crippen molar-refractivity contribution in [3.63, 3.8) is 0 Å². The van der Waals surface area contributed by atoms with E-state index in [1.165, 1.54) is 17.0 Å². The molecule has 0 fully saturated rings. The highest BCUT2D eigenvalue weighted by Gasteiger charge is 2.33. The van der Waals surface area contributed by atoms with Crippen molar-refractivity contribution in [3.8, 4) is 5.75 Å². The van der Waals surface area contributed by atoms with Crippen LogP contribution in [0.2, 0.25) is 0 Å². The Morgan fingerprint density at radius 1 is 0.923 bits per heavy atom. The van der Waals surface area contributed by atoms with Gasteiger partial charge in [-0.1, -0.05) is 55.0 Å². The smallest absolute Gasteiger partial charge is 0.264 e. The van der Waals surface area contributed by atoms with Crippen molar-refractivity contribution < 1.29 is 22.7 Å². The molecule has 208 valence electrons. The molecule has 0 aliphatic heterocycles. The normalized spacial score (nSPS) is 12.1. The number of carbonyl (C=O) groups is 2. The number of rotatable bonds is 12. The maximum Gasteiger partial charge on any atom is 0.264 e. The highest BCUT2D eigenvalue weighted by molar-refractivity contribution is 7.92. The quantitative estimate of drug-likeness (QED) is 0.357. The zero-order chi connectivity index (χ0) is 28.6. The van der Waals surface area contributed by atoms with E-state index in [2.05, 4.69) is 5.32 Å². The van der Waals surface area contributed by atoms with Gasteiger partial charge in [-0.15, -0.1) is 0 Å². The van der Waals surface area contributed by atoms with E-state index in [9.17, 15) is 18.0 Å². The van der Waals surface area contributed by atoms with Crippen LogP contribution in [0.4, 0.5) is 5.69 Å². The number of ether oxygens (including phenoxy) is 1. The molecular weight excluding hydrogens is 514 g/mol. The minimum absolute atomic E-state index is 0.0738. The zero-order valence-electron chi connectivity index (χ0n) is 23.1. The summed E-state index contributed by atoms with van der Waals surface area (Å²) in [5, 5.41) is 2.90. The zero-order valence-corrected chi connectivity index (χ0v) is 23.9. The predicted octanol–water partition coefficient (Wildman–Crippen LogP) is 4.53. The summed E-state index contributed by atoms with van der Waals surface area (Å²) in [7, 11) is -2.51. The molecule has 3 aromatic rings. The molecule has 1 atom stereocenters. The Balaban J connectivity index is 2.04. The summed E-state index contributed by atoms with van der Waals surface area (Å²) in [6.07, 6.45) is 0.358. The van der Waals surface area contributed by atoms with Gasteiger partial charge in [0.1, 0.15) is 18.3 Å². The van der Waals surface area contributed by atoms with Crippen molar-refractivity contribution in [3.05, 3.63) is 90.0 Å². The van der Waals surface area contributed by atoms with Crippen molar-refractivity contribution >= 4 is 27.5 Å². The van der Waals surface area contributed by atoms with Crippen LogP contribution in [0.1, 0.15) is 38.3 Å². The molecule has 0 saturated carbocycles. The second-order valence-corrected chi connectivity index (χ2v) is 11.5. The molecule has 3 aromatic carbocycles. The Kier molecular flexibility index (Phi) is 10.1. The Labute approximate surface area is 231 Å². The van der Waals surface area contributed by atoms with Gasteiger partial charge in [0.05, 0.1) is 17.7 Å². The van der Waals surface area contributed by atoms with Crippen LogP contribution in [0.25, 0.3) is 0 Å². The average molecular weight is 552 g/mol. The van der Waals surface area contributed by atoms with Crippen LogP contribution >= 0.6 is 0 Å².